The fourth-order valence-corrected chi connectivity index (χ4v) is 5.17. The van der Waals surface area contributed by atoms with Gasteiger partial charge in [-0.3, -0.25) is 0 Å². The van der Waals surface area contributed by atoms with Crippen LogP contribution < -0.4 is 0 Å². The Hall–Kier alpha value is -3.26. The van der Waals surface area contributed by atoms with Gasteiger partial charge in [-0.25, -0.2) is 0 Å². The second kappa shape index (κ2) is 7.77. The Morgan fingerprint density at radius 3 is 2.06 bits per heavy atom. The summed E-state index contributed by atoms with van der Waals surface area (Å²) in [5, 5.41) is 4.07. The first-order valence-electron chi connectivity index (χ1n) is 11.4. The molecule has 31 heavy (non-hydrogen) atoms. The second-order valence-electron chi connectivity index (χ2n) is 8.54. The highest BCUT2D eigenvalue weighted by atomic mass is 15.0. The second-order valence-corrected chi connectivity index (χ2v) is 8.54. The lowest BCUT2D eigenvalue weighted by molar-refractivity contribution is 0.821. The van der Waals surface area contributed by atoms with E-state index in [0.717, 1.165) is 12.8 Å². The lowest BCUT2D eigenvalue weighted by Gasteiger charge is -2.17. The summed E-state index contributed by atoms with van der Waals surface area (Å²) in [6.45, 7) is 4.25. The highest BCUT2D eigenvalue weighted by Crippen LogP contribution is 2.42. The maximum atomic E-state index is 2.45. The van der Waals surface area contributed by atoms with Gasteiger partial charge in [-0.2, -0.15) is 0 Å². The van der Waals surface area contributed by atoms with E-state index in [9.17, 15) is 0 Å². The molecule has 0 saturated heterocycles. The zero-order valence-corrected chi connectivity index (χ0v) is 18.9. The standard InChI is InChI=1S/C26H22N2.C3H8/c1-27-21-13-5-3-9-19(21)25-17(11-7-15-23(25)27)18-12-8-16-24-26(18)20-10-4-6-14-22(20)28(24)2;1-3-2/h3-7,9-15H,8,16H2,1-2H3;3H2,1-2H3. The number of aromatic nitrogens is 2. The summed E-state index contributed by atoms with van der Waals surface area (Å²) in [5.74, 6) is 0. The molecule has 0 amide bonds. The topological polar surface area (TPSA) is 9.86 Å². The van der Waals surface area contributed by atoms with Crippen molar-refractivity contribution in [3.8, 4) is 0 Å². The molecule has 0 saturated carbocycles. The molecular formula is C29H30N2. The number of aryl methyl sites for hydroxylation is 2. The van der Waals surface area contributed by atoms with E-state index in [4.69, 9.17) is 0 Å². The van der Waals surface area contributed by atoms with Crippen molar-refractivity contribution < 1.29 is 0 Å². The van der Waals surface area contributed by atoms with Gasteiger partial charge in [-0.15, -0.1) is 0 Å². The van der Waals surface area contributed by atoms with Crippen LogP contribution in [0.4, 0.5) is 0 Å². The SMILES string of the molecule is CCC.Cn1c2c(c3ccccc31)C(c1cccc3c1c1ccccc1n3C)=CCC2. The highest BCUT2D eigenvalue weighted by Gasteiger charge is 2.24. The Morgan fingerprint density at radius 1 is 0.710 bits per heavy atom. The molecule has 0 atom stereocenters. The van der Waals surface area contributed by atoms with Crippen LogP contribution in [0.3, 0.4) is 0 Å². The number of nitrogens with zero attached hydrogens (tertiary/aromatic N) is 2. The van der Waals surface area contributed by atoms with Crippen LogP contribution in [0, 0.1) is 0 Å². The number of benzene rings is 3. The number of para-hydroxylation sites is 2. The lowest BCUT2D eigenvalue weighted by atomic mass is 9.87. The number of hydrogen-bond acceptors (Lipinski definition) is 0. The number of fused-ring (bicyclic) bond motifs is 6. The van der Waals surface area contributed by atoms with Crippen LogP contribution in [0.15, 0.2) is 72.8 Å². The maximum absolute atomic E-state index is 2.45. The highest BCUT2D eigenvalue weighted by molar-refractivity contribution is 6.15. The normalized spacial score (nSPS) is 13.2. The van der Waals surface area contributed by atoms with Gasteiger partial charge in [0.15, 0.2) is 0 Å². The van der Waals surface area contributed by atoms with Crippen molar-refractivity contribution in [2.24, 2.45) is 14.1 Å². The summed E-state index contributed by atoms with van der Waals surface area (Å²) < 4.78 is 4.71. The molecule has 0 fully saturated rings. The Balaban J connectivity index is 0.000000646. The van der Waals surface area contributed by atoms with Gasteiger partial charge in [0.25, 0.3) is 0 Å². The average Bonchev–Trinajstić information content (AvgIpc) is 3.27. The molecular weight excluding hydrogens is 376 g/mol. The Kier molecular flexibility index (Phi) is 4.94. The first-order chi connectivity index (χ1) is 15.2. The number of allylic oxidation sites excluding steroid dienone is 1. The quantitative estimate of drug-likeness (QED) is 0.271. The van der Waals surface area contributed by atoms with Crippen molar-refractivity contribution in [2.45, 2.75) is 33.1 Å². The molecule has 0 N–H and O–H groups in total. The zero-order chi connectivity index (χ0) is 21.5. The van der Waals surface area contributed by atoms with E-state index in [1.54, 1.807) is 0 Å². The fraction of sp³-hybridized carbons (Fsp3) is 0.241. The monoisotopic (exact) mass is 406 g/mol. The van der Waals surface area contributed by atoms with E-state index in [2.05, 4.69) is 110 Å². The molecule has 0 unspecified atom stereocenters. The molecule has 0 aliphatic heterocycles. The van der Waals surface area contributed by atoms with Crippen LogP contribution in [0.2, 0.25) is 0 Å². The van der Waals surface area contributed by atoms with Crippen molar-refractivity contribution in [2.75, 3.05) is 0 Å². The predicted octanol–water partition coefficient (Wildman–Crippen LogP) is 7.62. The van der Waals surface area contributed by atoms with Crippen LogP contribution in [0.25, 0.3) is 38.3 Å². The molecule has 6 rings (SSSR count). The van der Waals surface area contributed by atoms with Gasteiger partial charge in [0.1, 0.15) is 0 Å². The third-order valence-electron chi connectivity index (χ3n) is 6.46. The molecule has 0 radical (unpaired) electrons. The van der Waals surface area contributed by atoms with Gasteiger partial charge in [-0.1, -0.05) is 74.9 Å². The first kappa shape index (κ1) is 19.7. The number of hydrogen-bond donors (Lipinski definition) is 0. The lowest BCUT2D eigenvalue weighted by Crippen LogP contribution is -2.04. The average molecular weight is 407 g/mol. The molecule has 2 nitrogen and oxygen atoms in total. The summed E-state index contributed by atoms with van der Waals surface area (Å²) in [6, 6.07) is 24.3. The summed E-state index contributed by atoms with van der Waals surface area (Å²) in [6.07, 6.45) is 5.90. The molecule has 2 heterocycles. The van der Waals surface area contributed by atoms with Gasteiger partial charge < -0.3 is 9.13 Å². The van der Waals surface area contributed by atoms with Gasteiger partial charge in [0.05, 0.1) is 0 Å². The third-order valence-corrected chi connectivity index (χ3v) is 6.46. The van der Waals surface area contributed by atoms with Gasteiger partial charge >= 0.3 is 0 Å². The van der Waals surface area contributed by atoms with Crippen molar-refractivity contribution >= 4 is 38.3 Å². The Bertz CT molecular complexity index is 1440. The third kappa shape index (κ3) is 2.93. The van der Waals surface area contributed by atoms with E-state index in [0.29, 0.717) is 0 Å². The minimum absolute atomic E-state index is 1.09. The van der Waals surface area contributed by atoms with Crippen molar-refractivity contribution in [1.82, 2.24) is 9.13 Å². The van der Waals surface area contributed by atoms with Crippen molar-refractivity contribution in [3.05, 3.63) is 89.6 Å². The first-order valence-corrected chi connectivity index (χ1v) is 11.4. The van der Waals surface area contributed by atoms with E-state index >= 15 is 0 Å². The van der Waals surface area contributed by atoms with Gasteiger partial charge in [-0.05, 0) is 42.2 Å². The van der Waals surface area contributed by atoms with Crippen molar-refractivity contribution in [3.63, 3.8) is 0 Å². The molecule has 1 aliphatic rings. The number of rotatable bonds is 1. The van der Waals surface area contributed by atoms with Crippen LogP contribution >= 0.6 is 0 Å². The summed E-state index contributed by atoms with van der Waals surface area (Å²) in [7, 11) is 4.38. The fourth-order valence-electron chi connectivity index (χ4n) is 5.17. The molecule has 2 heteroatoms. The zero-order valence-electron chi connectivity index (χ0n) is 18.9. The van der Waals surface area contributed by atoms with E-state index < -0.39 is 0 Å². The van der Waals surface area contributed by atoms with E-state index in [1.165, 1.54) is 61.5 Å². The smallest absolute Gasteiger partial charge is 0.0495 e. The van der Waals surface area contributed by atoms with Gasteiger partial charge in [0, 0.05) is 58.1 Å². The Labute approximate surface area is 184 Å². The molecule has 0 bridgehead atoms. The van der Waals surface area contributed by atoms with Crippen LogP contribution in [-0.2, 0) is 20.5 Å². The van der Waals surface area contributed by atoms with Crippen LogP contribution in [0.5, 0.6) is 0 Å². The summed E-state index contributed by atoms with van der Waals surface area (Å²) in [5.41, 5.74) is 9.53. The van der Waals surface area contributed by atoms with Crippen LogP contribution in [0.1, 0.15) is 43.5 Å². The minimum atomic E-state index is 1.09. The molecule has 0 spiro atoms. The summed E-state index contributed by atoms with van der Waals surface area (Å²) in [4.78, 5) is 0. The largest absolute Gasteiger partial charge is 0.347 e. The molecule has 2 aromatic heterocycles. The minimum Gasteiger partial charge on any atom is -0.347 e. The van der Waals surface area contributed by atoms with E-state index in [-0.39, 0.29) is 0 Å². The van der Waals surface area contributed by atoms with Crippen LogP contribution in [-0.4, -0.2) is 9.13 Å². The van der Waals surface area contributed by atoms with Crippen molar-refractivity contribution in [1.29, 1.82) is 0 Å². The molecule has 1 aliphatic carbocycles. The molecule has 156 valence electrons. The summed E-state index contributed by atoms with van der Waals surface area (Å²) >= 11 is 0. The molecule has 5 aromatic rings. The predicted molar refractivity (Wildman–Crippen MR) is 135 cm³/mol. The Morgan fingerprint density at radius 2 is 1.32 bits per heavy atom. The van der Waals surface area contributed by atoms with Gasteiger partial charge in [0.2, 0.25) is 0 Å². The van der Waals surface area contributed by atoms with E-state index in [1.807, 2.05) is 0 Å². The molecule has 3 aromatic carbocycles. The maximum Gasteiger partial charge on any atom is 0.0495 e.